The second-order valence-corrected chi connectivity index (χ2v) is 19.9. The van der Waals surface area contributed by atoms with Gasteiger partial charge in [-0.25, -0.2) is 4.79 Å². The number of aromatic nitrogens is 1. The third kappa shape index (κ3) is 13.3. The van der Waals surface area contributed by atoms with Gasteiger partial charge in [-0.2, -0.15) is 0 Å². The molecule has 0 saturated heterocycles. The Balaban J connectivity index is 1.29. The monoisotopic (exact) mass is 906 g/mol. The highest BCUT2D eigenvalue weighted by Crippen LogP contribution is 2.61. The van der Waals surface area contributed by atoms with Gasteiger partial charge in [0, 0.05) is 30.4 Å². The number of aliphatic carboxylic acids is 2. The van der Waals surface area contributed by atoms with E-state index in [1.165, 1.54) is 26.2 Å². The average Bonchev–Trinajstić information content (AvgIpc) is 3.64. The quantitative estimate of drug-likeness (QED) is 0.0733. The van der Waals surface area contributed by atoms with Gasteiger partial charge < -0.3 is 47.1 Å². The first-order valence-corrected chi connectivity index (χ1v) is 23.5. The number of carboxylic acids is 2. The molecule has 6 rings (SSSR count). The van der Waals surface area contributed by atoms with Gasteiger partial charge in [-0.3, -0.25) is 33.6 Å². The Bertz CT molecular complexity index is 2030. The van der Waals surface area contributed by atoms with Crippen molar-refractivity contribution in [3.63, 3.8) is 0 Å². The highest BCUT2D eigenvalue weighted by atomic mass is 16.4. The molecule has 358 valence electrons. The molecular formula is C48H71N7O10. The van der Waals surface area contributed by atoms with Crippen LogP contribution >= 0.6 is 0 Å². The molecule has 0 unspecified atom stereocenters. The van der Waals surface area contributed by atoms with Gasteiger partial charge in [-0.15, -0.1) is 0 Å². The van der Waals surface area contributed by atoms with Crippen LogP contribution in [0.5, 0.6) is 0 Å². The lowest BCUT2D eigenvalue weighted by atomic mass is 9.48. The fourth-order valence-electron chi connectivity index (χ4n) is 10.9. The summed E-state index contributed by atoms with van der Waals surface area (Å²) in [5, 5.41) is 36.9. The predicted octanol–water partition coefficient (Wildman–Crippen LogP) is 3.94. The second kappa shape index (κ2) is 22.1. The van der Waals surface area contributed by atoms with Crippen LogP contribution in [0.4, 0.5) is 0 Å². The van der Waals surface area contributed by atoms with E-state index in [9.17, 15) is 48.6 Å². The minimum Gasteiger partial charge on any atom is -0.481 e. The number of carbonyl (C=O) groups is 8. The molecule has 6 amide bonds. The number of aromatic amines is 1. The van der Waals surface area contributed by atoms with Gasteiger partial charge in [-0.05, 0) is 104 Å². The van der Waals surface area contributed by atoms with E-state index in [-0.39, 0.29) is 30.1 Å². The number of amides is 6. The summed E-state index contributed by atoms with van der Waals surface area (Å²) in [5.74, 6) is -6.13. The van der Waals surface area contributed by atoms with E-state index in [0.717, 1.165) is 30.2 Å². The Morgan fingerprint density at radius 2 is 1.15 bits per heavy atom. The van der Waals surface area contributed by atoms with E-state index in [1.54, 1.807) is 27.0 Å². The third-order valence-corrected chi connectivity index (χ3v) is 14.1. The Kier molecular flexibility index (Phi) is 17.2. The summed E-state index contributed by atoms with van der Waals surface area (Å²) in [6.45, 7) is 12.1. The highest BCUT2D eigenvalue weighted by Gasteiger charge is 2.52. The van der Waals surface area contributed by atoms with Crippen molar-refractivity contribution in [3.8, 4) is 0 Å². The number of hydrogen-bond acceptors (Lipinski definition) is 8. The molecule has 4 fully saturated rings. The van der Waals surface area contributed by atoms with Gasteiger partial charge in [0.05, 0.1) is 6.42 Å². The van der Waals surface area contributed by atoms with E-state index < -0.39 is 96.0 Å². The summed E-state index contributed by atoms with van der Waals surface area (Å²) in [7, 11) is 0. The topological polar surface area (TPSA) is 265 Å². The Hall–Kier alpha value is -5.48. The number of rotatable bonds is 24. The highest BCUT2D eigenvalue weighted by molar-refractivity contribution is 5.98. The molecular weight excluding hydrogens is 835 g/mol. The summed E-state index contributed by atoms with van der Waals surface area (Å²) in [5.41, 5.74) is 1.41. The average molecular weight is 906 g/mol. The van der Waals surface area contributed by atoms with Crippen LogP contribution < -0.4 is 31.9 Å². The number of carboxylic acid groups (broad SMARTS) is 2. The van der Waals surface area contributed by atoms with Crippen LogP contribution in [0.1, 0.15) is 125 Å². The van der Waals surface area contributed by atoms with Crippen molar-refractivity contribution in [3.05, 3.63) is 36.0 Å². The van der Waals surface area contributed by atoms with Crippen LogP contribution in [0.15, 0.2) is 30.5 Å². The first-order valence-electron chi connectivity index (χ1n) is 23.5. The Morgan fingerprint density at radius 3 is 1.68 bits per heavy atom. The largest absolute Gasteiger partial charge is 0.481 e. The molecule has 1 aromatic heterocycles. The maximum Gasteiger partial charge on any atom is 0.326 e. The molecule has 0 radical (unpaired) electrons. The van der Waals surface area contributed by atoms with E-state index in [1.807, 2.05) is 45.0 Å². The molecule has 4 aliphatic rings. The maximum absolute atomic E-state index is 14.1. The van der Waals surface area contributed by atoms with Crippen LogP contribution in [0.25, 0.3) is 10.9 Å². The van der Waals surface area contributed by atoms with Crippen molar-refractivity contribution in [1.29, 1.82) is 0 Å². The van der Waals surface area contributed by atoms with Gasteiger partial charge in [0.25, 0.3) is 0 Å². The van der Waals surface area contributed by atoms with E-state index in [4.69, 9.17) is 0 Å². The fraction of sp³-hybridized carbons (Fsp3) is 0.667. The summed E-state index contributed by atoms with van der Waals surface area (Å²) in [6, 6.07) is -0.225. The van der Waals surface area contributed by atoms with Crippen LogP contribution in [0.2, 0.25) is 0 Å². The minimum absolute atomic E-state index is 0.0338. The van der Waals surface area contributed by atoms with Crippen LogP contribution in [0, 0.1) is 40.9 Å². The molecule has 2 aromatic rings. The van der Waals surface area contributed by atoms with E-state index in [0.29, 0.717) is 42.6 Å². The van der Waals surface area contributed by atoms with E-state index in [2.05, 4.69) is 36.9 Å². The number of carbonyl (C=O) groups excluding carboxylic acids is 6. The lowest BCUT2D eigenvalue weighted by Gasteiger charge is -2.57. The number of para-hydroxylation sites is 1. The van der Waals surface area contributed by atoms with Gasteiger partial charge in [0.15, 0.2) is 0 Å². The normalized spacial score (nSPS) is 23.5. The van der Waals surface area contributed by atoms with Crippen molar-refractivity contribution >= 4 is 58.3 Å². The predicted molar refractivity (Wildman–Crippen MR) is 243 cm³/mol. The van der Waals surface area contributed by atoms with Crippen molar-refractivity contribution in [2.75, 3.05) is 0 Å². The zero-order valence-corrected chi connectivity index (χ0v) is 39.0. The lowest BCUT2D eigenvalue weighted by Crippen LogP contribution is -2.61. The Morgan fingerprint density at radius 1 is 0.662 bits per heavy atom. The molecule has 9 N–H and O–H groups in total. The molecule has 17 heteroatoms. The summed E-state index contributed by atoms with van der Waals surface area (Å²) in [6.07, 6.45) is 8.83. The molecule has 8 atom stereocenters. The van der Waals surface area contributed by atoms with Gasteiger partial charge >= 0.3 is 11.9 Å². The molecule has 0 spiro atoms. The van der Waals surface area contributed by atoms with Crippen molar-refractivity contribution in [2.24, 2.45) is 40.9 Å². The van der Waals surface area contributed by atoms with Crippen LogP contribution in [-0.4, -0.2) is 98.8 Å². The molecule has 0 aliphatic heterocycles. The van der Waals surface area contributed by atoms with Crippen molar-refractivity contribution in [1.82, 2.24) is 36.9 Å². The molecule has 1 heterocycles. The molecule has 1 aromatic carbocycles. The molecule has 17 nitrogen and oxygen atoms in total. The van der Waals surface area contributed by atoms with Crippen LogP contribution in [-0.2, 0) is 44.8 Å². The number of nitrogens with one attached hydrogen (secondary N) is 7. The summed E-state index contributed by atoms with van der Waals surface area (Å²) >= 11 is 0. The standard InChI is InChI=1S/C48H71N7O10/c1-8-26(5)40(45(62)53-37(47(64)65)18-32-24-49-34-13-11-10-12-33(32)34)55-46(63)41(27(6)9-2)54-43(60)36(19-39(57)58)52-42(59)35(14-25(3)4)51-44(61)38(50-28(7)56)23-48-20-29-15-30(21-48)17-31(16-29)22-48/h10-13,24-27,29-31,35-38,40-41,49H,8-9,14-23H2,1-7H3,(H,50,56)(H,51,61)(H,52,59)(H,53,62)(H,54,60)(H,55,63)(H,57,58)(H,64,65)/t26-,27-,29?,30?,31?,35-,36-,37-,38-,40-,41-,48?/m0/s1. The molecule has 4 saturated carbocycles. The smallest absolute Gasteiger partial charge is 0.326 e. The first-order chi connectivity index (χ1) is 30.7. The Labute approximate surface area is 381 Å². The zero-order valence-electron chi connectivity index (χ0n) is 39.0. The van der Waals surface area contributed by atoms with Crippen molar-refractivity contribution in [2.45, 2.75) is 162 Å². The fourth-order valence-corrected chi connectivity index (χ4v) is 10.9. The maximum atomic E-state index is 14.1. The van der Waals surface area contributed by atoms with Gasteiger partial charge in [-0.1, -0.05) is 72.6 Å². The van der Waals surface area contributed by atoms with Gasteiger partial charge in [0.1, 0.15) is 36.3 Å². The number of benzene rings is 1. The third-order valence-electron chi connectivity index (χ3n) is 14.1. The van der Waals surface area contributed by atoms with Crippen molar-refractivity contribution < 1.29 is 48.6 Å². The minimum atomic E-state index is -1.67. The molecule has 65 heavy (non-hydrogen) atoms. The molecule has 4 bridgehead atoms. The SMILES string of the molecule is CC[C@H](C)[C@H](NC(=O)[C@H](CC(=O)O)NC(=O)[C@H](CC(C)C)NC(=O)[C@H](CC12CC3CC(CC(C3)C1)C2)NC(C)=O)C(=O)N[C@H](C(=O)N[C@@H](Cc1c[nH]c2ccccc12)C(=O)O)[C@@H](C)CC. The number of H-pyrrole nitrogens is 1. The number of hydrogen-bond donors (Lipinski definition) is 9. The summed E-state index contributed by atoms with van der Waals surface area (Å²) in [4.78, 5) is 110. The lowest BCUT2D eigenvalue weighted by molar-refractivity contribution is -0.142. The molecule has 4 aliphatic carbocycles. The van der Waals surface area contributed by atoms with Crippen LogP contribution in [0.3, 0.4) is 0 Å². The number of fused-ring (bicyclic) bond motifs is 1. The summed E-state index contributed by atoms with van der Waals surface area (Å²) < 4.78 is 0. The van der Waals surface area contributed by atoms with Gasteiger partial charge in [0.2, 0.25) is 35.4 Å². The van der Waals surface area contributed by atoms with E-state index >= 15 is 0 Å². The first kappa shape index (κ1) is 50.5. The zero-order chi connectivity index (χ0) is 47.7. The second-order valence-electron chi connectivity index (χ2n) is 19.9.